The molecule has 2 saturated heterocycles. The number of fused-ring (bicyclic) bond motifs is 1. The third-order valence-electron chi connectivity index (χ3n) is 7.56. The van der Waals surface area contributed by atoms with Gasteiger partial charge < -0.3 is 15.0 Å². The van der Waals surface area contributed by atoms with Gasteiger partial charge in [0.15, 0.2) is 0 Å². The summed E-state index contributed by atoms with van der Waals surface area (Å²) in [7, 11) is 3.88. The first-order valence-corrected chi connectivity index (χ1v) is 14.4. The van der Waals surface area contributed by atoms with Gasteiger partial charge in [-0.15, -0.1) is 0 Å². The van der Waals surface area contributed by atoms with Gasteiger partial charge in [-0.3, -0.25) is 24.0 Å². The van der Waals surface area contributed by atoms with E-state index in [9.17, 15) is 14.4 Å². The number of rotatable bonds is 9. The summed E-state index contributed by atoms with van der Waals surface area (Å²) in [5.74, 6) is 6.32. The van der Waals surface area contributed by atoms with Crippen LogP contribution >= 0.6 is 0 Å². The molecule has 9 nitrogen and oxygen atoms in total. The number of amides is 2. The molecule has 2 unspecified atom stereocenters. The Labute approximate surface area is 232 Å². The zero-order valence-electron chi connectivity index (χ0n) is 24.2. The van der Waals surface area contributed by atoms with Crippen LogP contribution in [0.25, 0.3) is 11.0 Å². The van der Waals surface area contributed by atoms with Crippen LogP contribution in [0.5, 0.6) is 0 Å². The normalized spacial score (nSPS) is 18.8. The lowest BCUT2D eigenvalue weighted by Gasteiger charge is -2.28. The van der Waals surface area contributed by atoms with Crippen molar-refractivity contribution in [3.8, 4) is 11.8 Å². The van der Waals surface area contributed by atoms with Crippen molar-refractivity contribution in [2.75, 3.05) is 39.8 Å². The van der Waals surface area contributed by atoms with Gasteiger partial charge in [0.2, 0.25) is 11.8 Å². The zero-order valence-corrected chi connectivity index (χ0v) is 24.2. The Balaban J connectivity index is 0.00000205. The van der Waals surface area contributed by atoms with Crippen LogP contribution < -0.4 is 16.3 Å². The van der Waals surface area contributed by atoms with E-state index in [-0.39, 0.29) is 24.1 Å². The first-order valence-electron chi connectivity index (χ1n) is 14.4. The Bertz CT molecular complexity index is 1230. The molecule has 9 heteroatoms. The minimum Gasteiger partial charge on any atom is -0.366 e. The summed E-state index contributed by atoms with van der Waals surface area (Å²) < 4.78 is 9.08. The summed E-state index contributed by atoms with van der Waals surface area (Å²) in [6.45, 7) is 10.8. The Morgan fingerprint density at radius 2 is 1.90 bits per heavy atom. The van der Waals surface area contributed by atoms with Crippen LogP contribution in [0.3, 0.4) is 0 Å². The number of para-hydroxylation sites is 1. The molecule has 3 heterocycles. The fourth-order valence-corrected chi connectivity index (χ4v) is 5.43. The van der Waals surface area contributed by atoms with Gasteiger partial charge >= 0.3 is 5.69 Å². The van der Waals surface area contributed by atoms with Gasteiger partial charge in [-0.2, -0.15) is 0 Å². The second-order valence-corrected chi connectivity index (χ2v) is 10.2. The van der Waals surface area contributed by atoms with Gasteiger partial charge in [-0.05, 0) is 70.3 Å². The molecule has 2 amide bonds. The van der Waals surface area contributed by atoms with E-state index in [1.165, 1.54) is 22.0 Å². The van der Waals surface area contributed by atoms with Crippen LogP contribution in [0, 0.1) is 17.8 Å². The number of ether oxygens (including phenoxy) is 1. The van der Waals surface area contributed by atoms with Crippen molar-refractivity contribution >= 4 is 22.8 Å². The van der Waals surface area contributed by atoms with Gasteiger partial charge in [0.1, 0.15) is 12.6 Å². The Kier molecular flexibility index (Phi) is 11.8. The number of imide groups is 1. The molecule has 0 radical (unpaired) electrons. The molecule has 0 saturated carbocycles. The van der Waals surface area contributed by atoms with Crippen molar-refractivity contribution in [1.82, 2.24) is 24.7 Å². The maximum atomic E-state index is 13.1. The molecule has 0 bridgehead atoms. The van der Waals surface area contributed by atoms with E-state index in [1.54, 1.807) is 7.05 Å². The largest absolute Gasteiger partial charge is 0.366 e. The average molecular weight is 540 g/mol. The number of aromatic nitrogens is 2. The second-order valence-electron chi connectivity index (χ2n) is 10.2. The molecule has 39 heavy (non-hydrogen) atoms. The molecule has 2 atom stereocenters. The molecule has 1 aromatic heterocycles. The average Bonchev–Trinajstić information content (AvgIpc) is 3.20. The fourth-order valence-electron chi connectivity index (χ4n) is 5.43. The standard InChI is InChI=1S/C28H39N5O4.C2H6/c1-4-22(14-17-31(2)19-20-12-15-29-16-13-20)37-18-6-8-21-7-5-9-23-26(21)32(3)28(36)33(23)24-10-11-25(34)30-27(24)35;1-2/h5,7,9,20,22,24,29H,4,10-19H2,1-3H3,(H,30,34,35);1-2H3. The summed E-state index contributed by atoms with van der Waals surface area (Å²) in [6.07, 6.45) is 5.08. The van der Waals surface area contributed by atoms with Gasteiger partial charge in [-0.25, -0.2) is 4.79 Å². The first-order chi connectivity index (χ1) is 18.9. The lowest BCUT2D eigenvalue weighted by atomic mass is 9.97. The van der Waals surface area contributed by atoms with Crippen LogP contribution in [0.2, 0.25) is 0 Å². The molecule has 2 aliphatic heterocycles. The third-order valence-corrected chi connectivity index (χ3v) is 7.56. The first kappa shape index (κ1) is 30.6. The van der Waals surface area contributed by atoms with Gasteiger partial charge in [0.25, 0.3) is 0 Å². The van der Waals surface area contributed by atoms with E-state index in [0.29, 0.717) is 29.6 Å². The molecule has 2 aromatic rings. The van der Waals surface area contributed by atoms with E-state index < -0.39 is 11.9 Å². The van der Waals surface area contributed by atoms with Crippen LogP contribution in [0.15, 0.2) is 23.0 Å². The van der Waals surface area contributed by atoms with E-state index in [0.717, 1.165) is 44.9 Å². The monoisotopic (exact) mass is 539 g/mol. The van der Waals surface area contributed by atoms with Crippen molar-refractivity contribution in [2.45, 2.75) is 71.4 Å². The number of hydrogen-bond donors (Lipinski definition) is 2. The molecule has 0 spiro atoms. The van der Waals surface area contributed by atoms with Crippen molar-refractivity contribution in [3.05, 3.63) is 34.2 Å². The van der Waals surface area contributed by atoms with Crippen molar-refractivity contribution in [2.24, 2.45) is 13.0 Å². The molecule has 2 fully saturated rings. The molecule has 4 rings (SSSR count). The number of nitrogens with zero attached hydrogens (tertiary/aromatic N) is 3. The summed E-state index contributed by atoms with van der Waals surface area (Å²) in [5, 5.41) is 5.77. The zero-order chi connectivity index (χ0) is 28.4. The van der Waals surface area contributed by atoms with Crippen molar-refractivity contribution in [3.63, 3.8) is 0 Å². The van der Waals surface area contributed by atoms with Crippen molar-refractivity contribution < 1.29 is 14.3 Å². The number of aryl methyl sites for hydroxylation is 1. The topological polar surface area (TPSA) is 97.6 Å². The summed E-state index contributed by atoms with van der Waals surface area (Å²) in [6, 6.07) is 4.81. The third kappa shape index (κ3) is 7.81. The van der Waals surface area contributed by atoms with Crippen LogP contribution in [0.1, 0.15) is 70.9 Å². The Morgan fingerprint density at radius 3 is 2.59 bits per heavy atom. The highest BCUT2D eigenvalue weighted by molar-refractivity contribution is 6.00. The summed E-state index contributed by atoms with van der Waals surface area (Å²) in [4.78, 5) is 39.5. The summed E-state index contributed by atoms with van der Waals surface area (Å²) >= 11 is 0. The number of benzene rings is 1. The number of hydrogen-bond acceptors (Lipinski definition) is 6. The van der Waals surface area contributed by atoms with E-state index in [4.69, 9.17) is 4.74 Å². The number of piperidine rings is 2. The van der Waals surface area contributed by atoms with E-state index in [1.807, 2.05) is 32.0 Å². The van der Waals surface area contributed by atoms with Gasteiger partial charge in [0.05, 0.1) is 22.7 Å². The molecule has 2 aliphatic rings. The molecular formula is C30H45N5O4. The SMILES string of the molecule is CC.CCC(CCN(C)CC1CCNCC1)OCC#Cc1cccc2c1n(C)c(=O)n2C1CCC(=O)NC1=O. The van der Waals surface area contributed by atoms with Crippen LogP contribution in [0.4, 0.5) is 0 Å². The lowest BCUT2D eigenvalue weighted by Crippen LogP contribution is -2.44. The maximum absolute atomic E-state index is 13.1. The van der Waals surface area contributed by atoms with Gasteiger partial charge in [-0.1, -0.05) is 38.7 Å². The number of carbonyl (C=O) groups excluding carboxylic acids is 2. The predicted octanol–water partition coefficient (Wildman–Crippen LogP) is 2.81. The van der Waals surface area contributed by atoms with Crippen molar-refractivity contribution in [1.29, 1.82) is 0 Å². The smallest absolute Gasteiger partial charge is 0.329 e. The van der Waals surface area contributed by atoms with Gasteiger partial charge in [0, 0.05) is 26.6 Å². The number of imidazole rings is 1. The second kappa shape index (κ2) is 15.0. The molecule has 0 aliphatic carbocycles. The van der Waals surface area contributed by atoms with E-state index in [2.05, 4.69) is 41.3 Å². The predicted molar refractivity (Wildman–Crippen MR) is 155 cm³/mol. The number of nitrogens with one attached hydrogen (secondary N) is 2. The minimum atomic E-state index is -0.710. The van der Waals surface area contributed by atoms with Crippen LogP contribution in [-0.2, 0) is 21.4 Å². The van der Waals surface area contributed by atoms with E-state index >= 15 is 0 Å². The Morgan fingerprint density at radius 1 is 1.15 bits per heavy atom. The minimum absolute atomic E-state index is 0.151. The quantitative estimate of drug-likeness (QED) is 0.376. The molecule has 1 aromatic carbocycles. The molecular weight excluding hydrogens is 494 g/mol. The van der Waals surface area contributed by atoms with Crippen LogP contribution in [-0.4, -0.2) is 71.8 Å². The Hall–Kier alpha value is -2.93. The summed E-state index contributed by atoms with van der Waals surface area (Å²) in [5.41, 5.74) is 1.73. The number of carbonyl (C=O) groups is 2. The molecule has 214 valence electrons. The highest BCUT2D eigenvalue weighted by Gasteiger charge is 2.31. The molecule has 2 N–H and O–H groups in total. The highest BCUT2D eigenvalue weighted by atomic mass is 16.5. The highest BCUT2D eigenvalue weighted by Crippen LogP contribution is 2.24. The lowest BCUT2D eigenvalue weighted by molar-refractivity contribution is -0.135. The maximum Gasteiger partial charge on any atom is 0.329 e. The fraction of sp³-hybridized carbons (Fsp3) is 0.633.